The summed E-state index contributed by atoms with van der Waals surface area (Å²) in [5, 5.41) is 7.82. The van der Waals surface area contributed by atoms with Gasteiger partial charge in [-0.2, -0.15) is 5.10 Å². The van der Waals surface area contributed by atoms with E-state index in [1.54, 1.807) is 12.3 Å². The molecule has 2 aromatic heterocycles. The third-order valence-electron chi connectivity index (χ3n) is 3.60. The maximum atomic E-state index is 6.32. The van der Waals surface area contributed by atoms with E-state index in [4.69, 9.17) is 5.73 Å². The van der Waals surface area contributed by atoms with Gasteiger partial charge in [-0.05, 0) is 30.0 Å². The van der Waals surface area contributed by atoms with Crippen molar-refractivity contribution in [2.24, 2.45) is 16.6 Å². The van der Waals surface area contributed by atoms with Gasteiger partial charge < -0.3 is 11.1 Å². The second-order valence-corrected chi connectivity index (χ2v) is 6.57. The lowest BCUT2D eigenvalue weighted by Gasteiger charge is -2.07. The summed E-state index contributed by atoms with van der Waals surface area (Å²) < 4.78 is 1.87. The number of nitrogens with one attached hydrogen (secondary N) is 1. The van der Waals surface area contributed by atoms with Crippen molar-refractivity contribution in [2.75, 3.05) is 6.54 Å². The normalized spacial score (nSPS) is 12.7. The number of nitrogens with two attached hydrogens (primary N) is 1. The molecule has 2 rings (SSSR count). The smallest absolute Gasteiger partial charge is 0.118 e. The molecule has 5 heteroatoms. The van der Waals surface area contributed by atoms with Crippen LogP contribution in [-0.4, -0.2) is 22.4 Å². The number of fused-ring (bicyclic) bond motifs is 1. The van der Waals surface area contributed by atoms with Crippen LogP contribution < -0.4 is 11.1 Å². The number of aliphatic imine (C=N–C) groups is 1. The zero-order valence-electron chi connectivity index (χ0n) is 15.0. The van der Waals surface area contributed by atoms with E-state index in [0.717, 1.165) is 23.3 Å². The SMILES string of the molecule is C=C(N=C/C=C(\N)c1c(C(C)C)nn2ccccc12)NCC(C)C. The third-order valence-corrected chi connectivity index (χ3v) is 3.60. The maximum absolute atomic E-state index is 6.32. The Morgan fingerprint density at radius 3 is 2.79 bits per heavy atom. The lowest BCUT2D eigenvalue weighted by Crippen LogP contribution is -2.17. The monoisotopic (exact) mass is 325 g/mol. The van der Waals surface area contributed by atoms with Crippen LogP contribution in [-0.2, 0) is 0 Å². The molecular weight excluding hydrogens is 298 g/mol. The van der Waals surface area contributed by atoms with Crippen molar-refractivity contribution >= 4 is 17.4 Å². The molecule has 0 bridgehead atoms. The lowest BCUT2D eigenvalue weighted by molar-refractivity contribution is 0.595. The van der Waals surface area contributed by atoms with E-state index in [0.29, 0.717) is 17.4 Å². The zero-order chi connectivity index (χ0) is 17.7. The maximum Gasteiger partial charge on any atom is 0.118 e. The van der Waals surface area contributed by atoms with E-state index in [-0.39, 0.29) is 5.92 Å². The topological polar surface area (TPSA) is 67.7 Å². The van der Waals surface area contributed by atoms with Crippen molar-refractivity contribution in [1.29, 1.82) is 0 Å². The van der Waals surface area contributed by atoms with E-state index in [1.807, 2.05) is 28.9 Å². The van der Waals surface area contributed by atoms with Gasteiger partial charge in [-0.15, -0.1) is 0 Å². The van der Waals surface area contributed by atoms with Crippen molar-refractivity contribution in [3.8, 4) is 0 Å². The van der Waals surface area contributed by atoms with E-state index in [1.165, 1.54) is 0 Å². The molecule has 0 atom stereocenters. The molecule has 128 valence electrons. The quantitative estimate of drug-likeness (QED) is 0.765. The molecule has 0 saturated carbocycles. The molecule has 0 spiro atoms. The Morgan fingerprint density at radius 1 is 1.38 bits per heavy atom. The Labute approximate surface area is 144 Å². The predicted octanol–water partition coefficient (Wildman–Crippen LogP) is 3.54. The minimum absolute atomic E-state index is 0.284. The molecule has 3 N–H and O–H groups in total. The minimum Gasteiger partial charge on any atom is -0.398 e. The second kappa shape index (κ2) is 7.81. The summed E-state index contributed by atoms with van der Waals surface area (Å²) in [6.45, 7) is 13.2. The van der Waals surface area contributed by atoms with Crippen molar-refractivity contribution in [2.45, 2.75) is 33.6 Å². The van der Waals surface area contributed by atoms with Gasteiger partial charge in [0.15, 0.2) is 0 Å². The van der Waals surface area contributed by atoms with Crippen LogP contribution in [0.5, 0.6) is 0 Å². The van der Waals surface area contributed by atoms with Crippen LogP contribution in [0.15, 0.2) is 47.9 Å². The number of hydrogen-bond acceptors (Lipinski definition) is 4. The molecule has 0 aromatic carbocycles. The highest BCUT2D eigenvalue weighted by Gasteiger charge is 2.16. The van der Waals surface area contributed by atoms with Crippen LogP contribution in [0.1, 0.15) is 44.9 Å². The minimum atomic E-state index is 0.284. The third kappa shape index (κ3) is 4.25. The van der Waals surface area contributed by atoms with Gasteiger partial charge in [0.1, 0.15) is 5.82 Å². The highest BCUT2D eigenvalue weighted by Crippen LogP contribution is 2.26. The first-order chi connectivity index (χ1) is 11.4. The fourth-order valence-electron chi connectivity index (χ4n) is 2.38. The number of allylic oxidation sites excluding steroid dienone is 1. The molecule has 24 heavy (non-hydrogen) atoms. The molecule has 5 nitrogen and oxygen atoms in total. The number of rotatable bonds is 7. The van der Waals surface area contributed by atoms with Gasteiger partial charge in [0, 0.05) is 30.2 Å². The summed E-state index contributed by atoms with van der Waals surface area (Å²) in [4.78, 5) is 4.29. The molecule has 0 saturated heterocycles. The van der Waals surface area contributed by atoms with Crippen LogP contribution >= 0.6 is 0 Å². The number of nitrogens with zero attached hydrogens (tertiary/aromatic N) is 3. The Bertz CT molecular complexity index is 765. The van der Waals surface area contributed by atoms with Crippen LogP contribution in [0.4, 0.5) is 0 Å². The molecule has 0 amide bonds. The van der Waals surface area contributed by atoms with Crippen molar-refractivity contribution < 1.29 is 0 Å². The van der Waals surface area contributed by atoms with E-state index < -0.39 is 0 Å². The van der Waals surface area contributed by atoms with Crippen LogP contribution in [0.2, 0.25) is 0 Å². The summed E-state index contributed by atoms with van der Waals surface area (Å²) in [6, 6.07) is 5.97. The van der Waals surface area contributed by atoms with E-state index in [2.05, 4.69) is 49.7 Å². The molecular formula is C19H27N5. The van der Waals surface area contributed by atoms with Gasteiger partial charge in [0.25, 0.3) is 0 Å². The van der Waals surface area contributed by atoms with Gasteiger partial charge in [0.05, 0.1) is 11.2 Å². The fourth-order valence-corrected chi connectivity index (χ4v) is 2.38. The second-order valence-electron chi connectivity index (χ2n) is 6.57. The highest BCUT2D eigenvalue weighted by atomic mass is 15.2. The fraction of sp³-hybridized carbons (Fsp3) is 0.368. The van der Waals surface area contributed by atoms with Gasteiger partial charge in [-0.25, -0.2) is 9.51 Å². The van der Waals surface area contributed by atoms with Crippen molar-refractivity contribution in [3.05, 3.63) is 54.1 Å². The Balaban J connectivity index is 2.25. The van der Waals surface area contributed by atoms with Crippen LogP contribution in [0, 0.1) is 5.92 Å². The van der Waals surface area contributed by atoms with Gasteiger partial charge >= 0.3 is 0 Å². The average Bonchev–Trinajstić information content (AvgIpc) is 2.92. The molecule has 2 heterocycles. The van der Waals surface area contributed by atoms with E-state index >= 15 is 0 Å². The first kappa shape index (κ1) is 17.8. The Morgan fingerprint density at radius 2 is 2.12 bits per heavy atom. The van der Waals surface area contributed by atoms with Crippen LogP contribution in [0.3, 0.4) is 0 Å². The van der Waals surface area contributed by atoms with Gasteiger partial charge in [0.2, 0.25) is 0 Å². The first-order valence-electron chi connectivity index (χ1n) is 8.30. The highest BCUT2D eigenvalue weighted by molar-refractivity contribution is 5.89. The van der Waals surface area contributed by atoms with Crippen molar-refractivity contribution in [3.63, 3.8) is 0 Å². The molecule has 0 aliphatic rings. The molecule has 0 aliphatic carbocycles. The number of aromatic nitrogens is 2. The Kier molecular flexibility index (Phi) is 5.79. The number of hydrogen-bond donors (Lipinski definition) is 2. The van der Waals surface area contributed by atoms with Crippen molar-refractivity contribution in [1.82, 2.24) is 14.9 Å². The molecule has 0 unspecified atom stereocenters. The van der Waals surface area contributed by atoms with Gasteiger partial charge in [-0.1, -0.05) is 40.3 Å². The number of pyridine rings is 1. The van der Waals surface area contributed by atoms with E-state index in [9.17, 15) is 0 Å². The van der Waals surface area contributed by atoms with Crippen LogP contribution in [0.25, 0.3) is 11.2 Å². The largest absolute Gasteiger partial charge is 0.398 e. The standard InChI is InChI=1S/C19H27N5/c1-13(2)12-22-15(5)21-10-9-16(20)18-17-8-6-7-11-24(17)23-19(18)14(3)4/h6-11,13-14,22H,5,12,20H2,1-4H3/b16-9-,21-10?. The summed E-state index contributed by atoms with van der Waals surface area (Å²) in [5.41, 5.74) is 9.93. The average molecular weight is 325 g/mol. The molecule has 2 aromatic rings. The summed E-state index contributed by atoms with van der Waals surface area (Å²) in [6.07, 6.45) is 5.42. The summed E-state index contributed by atoms with van der Waals surface area (Å²) in [5.74, 6) is 1.47. The van der Waals surface area contributed by atoms with Gasteiger partial charge in [-0.3, -0.25) is 0 Å². The Hall–Kier alpha value is -2.56. The molecule has 0 aliphatic heterocycles. The first-order valence-corrected chi connectivity index (χ1v) is 8.30. The summed E-state index contributed by atoms with van der Waals surface area (Å²) in [7, 11) is 0. The lowest BCUT2D eigenvalue weighted by atomic mass is 10.0. The zero-order valence-corrected chi connectivity index (χ0v) is 15.0. The predicted molar refractivity (Wildman–Crippen MR) is 102 cm³/mol. The molecule has 0 fully saturated rings. The molecule has 0 radical (unpaired) electrons. The summed E-state index contributed by atoms with van der Waals surface area (Å²) >= 11 is 0.